The van der Waals surface area contributed by atoms with Gasteiger partial charge in [0.1, 0.15) is 5.76 Å². The Balaban J connectivity index is 3.01. The minimum atomic E-state index is -0.746. The largest absolute Gasteiger partial charge is 0.468 e. The SMILES string of the molecule is CC(C)C1=C(C#N)C(C)CC(O)O1. The molecule has 0 bridgehead atoms. The number of nitrogens with zero attached hydrogens (tertiary/aromatic N) is 1. The molecule has 0 saturated carbocycles. The molecule has 0 aromatic rings. The van der Waals surface area contributed by atoms with Gasteiger partial charge in [0.05, 0.1) is 11.6 Å². The summed E-state index contributed by atoms with van der Waals surface area (Å²) >= 11 is 0. The highest BCUT2D eigenvalue weighted by Crippen LogP contribution is 2.31. The maximum Gasteiger partial charge on any atom is 0.197 e. The van der Waals surface area contributed by atoms with Crippen LogP contribution in [0.1, 0.15) is 27.2 Å². The van der Waals surface area contributed by atoms with Crippen molar-refractivity contribution >= 4 is 0 Å². The molecule has 13 heavy (non-hydrogen) atoms. The summed E-state index contributed by atoms with van der Waals surface area (Å²) in [7, 11) is 0. The Morgan fingerprint density at radius 3 is 2.69 bits per heavy atom. The predicted octanol–water partition coefficient (Wildman–Crippen LogP) is 1.79. The van der Waals surface area contributed by atoms with Gasteiger partial charge >= 0.3 is 0 Å². The van der Waals surface area contributed by atoms with Crippen LogP contribution in [0.4, 0.5) is 0 Å². The molecule has 0 aromatic carbocycles. The zero-order valence-corrected chi connectivity index (χ0v) is 8.24. The molecule has 0 spiro atoms. The van der Waals surface area contributed by atoms with Gasteiger partial charge in [-0.3, -0.25) is 0 Å². The first-order valence-electron chi connectivity index (χ1n) is 4.55. The fourth-order valence-electron chi connectivity index (χ4n) is 1.53. The van der Waals surface area contributed by atoms with Crippen molar-refractivity contribution in [3.63, 3.8) is 0 Å². The first-order chi connectivity index (χ1) is 6.06. The summed E-state index contributed by atoms with van der Waals surface area (Å²) < 4.78 is 5.23. The molecule has 1 N–H and O–H groups in total. The van der Waals surface area contributed by atoms with Gasteiger partial charge in [0.25, 0.3) is 0 Å². The topological polar surface area (TPSA) is 53.2 Å². The van der Waals surface area contributed by atoms with Crippen LogP contribution < -0.4 is 0 Å². The highest BCUT2D eigenvalue weighted by Gasteiger charge is 2.27. The molecule has 3 nitrogen and oxygen atoms in total. The van der Waals surface area contributed by atoms with Gasteiger partial charge in [-0.25, -0.2) is 0 Å². The number of nitriles is 1. The molecule has 0 fully saturated rings. The maximum absolute atomic E-state index is 9.35. The van der Waals surface area contributed by atoms with Gasteiger partial charge in [0, 0.05) is 18.3 Å². The number of aliphatic hydroxyl groups excluding tert-OH is 1. The van der Waals surface area contributed by atoms with E-state index in [2.05, 4.69) is 6.07 Å². The minimum Gasteiger partial charge on any atom is -0.468 e. The lowest BCUT2D eigenvalue weighted by Gasteiger charge is -2.28. The summed E-state index contributed by atoms with van der Waals surface area (Å²) in [4.78, 5) is 0. The molecule has 1 aliphatic heterocycles. The summed E-state index contributed by atoms with van der Waals surface area (Å²) in [5, 5.41) is 18.2. The number of hydrogen-bond donors (Lipinski definition) is 1. The number of hydrogen-bond acceptors (Lipinski definition) is 3. The normalized spacial score (nSPS) is 28.6. The standard InChI is InChI=1S/C10H15NO2/c1-6(2)10-8(5-11)7(3)4-9(12)13-10/h6-7,9,12H,4H2,1-3H3. The number of allylic oxidation sites excluding steroid dienone is 2. The molecule has 1 rings (SSSR count). The van der Waals surface area contributed by atoms with Crippen LogP contribution in [0.3, 0.4) is 0 Å². The third-order valence-electron chi connectivity index (χ3n) is 2.22. The molecule has 1 heterocycles. The molecule has 0 radical (unpaired) electrons. The van der Waals surface area contributed by atoms with Gasteiger partial charge < -0.3 is 9.84 Å². The molecule has 0 aliphatic carbocycles. The highest BCUT2D eigenvalue weighted by molar-refractivity contribution is 5.29. The van der Waals surface area contributed by atoms with Crippen molar-refractivity contribution in [2.75, 3.05) is 0 Å². The van der Waals surface area contributed by atoms with Crippen molar-refractivity contribution in [3.05, 3.63) is 11.3 Å². The average Bonchev–Trinajstić information content (AvgIpc) is 2.02. The molecule has 3 heteroatoms. The van der Waals surface area contributed by atoms with E-state index in [0.29, 0.717) is 17.8 Å². The lowest BCUT2D eigenvalue weighted by molar-refractivity contribution is -0.0942. The van der Waals surface area contributed by atoms with Gasteiger partial charge in [-0.05, 0) is 0 Å². The smallest absolute Gasteiger partial charge is 0.197 e. The second-order valence-electron chi connectivity index (χ2n) is 3.75. The van der Waals surface area contributed by atoms with Gasteiger partial charge in [0.2, 0.25) is 0 Å². The van der Waals surface area contributed by atoms with E-state index in [1.54, 1.807) is 0 Å². The highest BCUT2D eigenvalue weighted by atomic mass is 16.6. The first-order valence-corrected chi connectivity index (χ1v) is 4.55. The van der Waals surface area contributed by atoms with Crippen LogP contribution in [0.15, 0.2) is 11.3 Å². The van der Waals surface area contributed by atoms with E-state index >= 15 is 0 Å². The lowest BCUT2D eigenvalue weighted by atomic mass is 9.91. The van der Waals surface area contributed by atoms with Crippen LogP contribution >= 0.6 is 0 Å². The predicted molar refractivity (Wildman–Crippen MR) is 48.3 cm³/mol. The fourth-order valence-corrected chi connectivity index (χ4v) is 1.53. The van der Waals surface area contributed by atoms with Crippen molar-refractivity contribution in [1.29, 1.82) is 5.26 Å². The van der Waals surface area contributed by atoms with Crippen LogP contribution in [0.5, 0.6) is 0 Å². The van der Waals surface area contributed by atoms with Gasteiger partial charge in [-0.15, -0.1) is 0 Å². The average molecular weight is 181 g/mol. The fraction of sp³-hybridized carbons (Fsp3) is 0.700. The van der Waals surface area contributed by atoms with Crippen molar-refractivity contribution in [2.45, 2.75) is 33.5 Å². The Labute approximate surface area is 78.6 Å². The summed E-state index contributed by atoms with van der Waals surface area (Å²) in [5.74, 6) is 0.909. The summed E-state index contributed by atoms with van der Waals surface area (Å²) in [6.45, 7) is 5.85. The molecule has 1 aliphatic rings. The van der Waals surface area contributed by atoms with Crippen molar-refractivity contribution < 1.29 is 9.84 Å². The van der Waals surface area contributed by atoms with Crippen LogP contribution in [-0.4, -0.2) is 11.4 Å². The van der Waals surface area contributed by atoms with Crippen molar-refractivity contribution in [3.8, 4) is 6.07 Å². The maximum atomic E-state index is 9.35. The summed E-state index contributed by atoms with van der Waals surface area (Å²) in [5.41, 5.74) is 0.681. The van der Waals surface area contributed by atoms with E-state index in [0.717, 1.165) is 0 Å². The Hall–Kier alpha value is -1.01. The third-order valence-corrected chi connectivity index (χ3v) is 2.22. The van der Waals surface area contributed by atoms with Crippen molar-refractivity contribution in [2.24, 2.45) is 11.8 Å². The van der Waals surface area contributed by atoms with Crippen LogP contribution in [0.2, 0.25) is 0 Å². The summed E-state index contributed by atoms with van der Waals surface area (Å²) in [6.07, 6.45) is -0.233. The van der Waals surface area contributed by atoms with E-state index in [4.69, 9.17) is 10.00 Å². The molecule has 0 saturated heterocycles. The molecule has 0 amide bonds. The zero-order valence-electron chi connectivity index (χ0n) is 8.24. The zero-order chi connectivity index (χ0) is 10.0. The number of ether oxygens (including phenoxy) is 1. The Morgan fingerprint density at radius 1 is 1.62 bits per heavy atom. The second-order valence-corrected chi connectivity index (χ2v) is 3.75. The Morgan fingerprint density at radius 2 is 2.23 bits per heavy atom. The lowest BCUT2D eigenvalue weighted by Crippen LogP contribution is -2.25. The third kappa shape index (κ3) is 2.02. The number of rotatable bonds is 1. The Bertz CT molecular complexity index is 263. The van der Waals surface area contributed by atoms with E-state index in [1.165, 1.54) is 0 Å². The quantitative estimate of drug-likeness (QED) is 0.671. The molecule has 0 aromatic heterocycles. The molecular weight excluding hydrogens is 166 g/mol. The van der Waals surface area contributed by atoms with Crippen LogP contribution in [0, 0.1) is 23.2 Å². The Kier molecular flexibility index (Phi) is 2.94. The van der Waals surface area contributed by atoms with Crippen molar-refractivity contribution in [1.82, 2.24) is 0 Å². The second kappa shape index (κ2) is 3.80. The molecule has 72 valence electrons. The summed E-state index contributed by atoms with van der Waals surface area (Å²) in [6, 6.07) is 2.15. The van der Waals surface area contributed by atoms with Crippen LogP contribution in [-0.2, 0) is 4.74 Å². The van der Waals surface area contributed by atoms with E-state index in [9.17, 15) is 5.11 Å². The minimum absolute atomic E-state index is 0.103. The molecule has 2 atom stereocenters. The van der Waals surface area contributed by atoms with Crippen LogP contribution in [0.25, 0.3) is 0 Å². The monoisotopic (exact) mass is 181 g/mol. The van der Waals surface area contributed by atoms with E-state index in [-0.39, 0.29) is 11.8 Å². The van der Waals surface area contributed by atoms with Gasteiger partial charge in [0.15, 0.2) is 6.29 Å². The molecule has 2 unspecified atom stereocenters. The van der Waals surface area contributed by atoms with E-state index < -0.39 is 6.29 Å². The number of aliphatic hydroxyl groups is 1. The first kappa shape index (κ1) is 10.1. The van der Waals surface area contributed by atoms with E-state index in [1.807, 2.05) is 20.8 Å². The van der Waals surface area contributed by atoms with Gasteiger partial charge in [-0.2, -0.15) is 5.26 Å². The van der Waals surface area contributed by atoms with Gasteiger partial charge in [-0.1, -0.05) is 20.8 Å². The molecular formula is C10H15NO2.